The molecule has 1 nitrogen and oxygen atoms in total. The third kappa shape index (κ3) is 8.83. The second-order valence-corrected chi connectivity index (χ2v) is 0. The molecular weight excluding hydrogens is 218 g/mol. The van der Waals surface area contributed by atoms with Crippen LogP contribution in [0.1, 0.15) is 0 Å². The van der Waals surface area contributed by atoms with Gasteiger partial charge in [-0.2, -0.15) is 0 Å². The first-order valence-electron chi connectivity index (χ1n) is 0. The SMILES string of the molecule is [O-2].[Ti+4].[Y+3].[Zn+2]. The quantitative estimate of drug-likeness (QED) is 0.507. The molecule has 0 aromatic heterocycles. The zero-order valence-corrected chi connectivity index (χ0v) is 9.56. The van der Waals surface area contributed by atoms with E-state index in [4.69, 9.17) is 0 Å². The zero-order valence-electron chi connectivity index (χ0n) is 2.19. The average Bonchev–Trinajstić information content (AvgIpc) is 0. The van der Waals surface area contributed by atoms with Crippen molar-refractivity contribution in [3.63, 3.8) is 0 Å². The van der Waals surface area contributed by atoms with Gasteiger partial charge in [0.1, 0.15) is 0 Å². The summed E-state index contributed by atoms with van der Waals surface area (Å²) >= 11 is 0. The smallest absolute Gasteiger partial charge is 2.00 e. The van der Waals surface area contributed by atoms with Crippen LogP contribution >= 0.6 is 0 Å². The molecule has 0 aliphatic heterocycles. The van der Waals surface area contributed by atoms with Crippen LogP contribution in [0.3, 0.4) is 0 Å². The van der Waals surface area contributed by atoms with Crippen molar-refractivity contribution in [3.8, 4) is 0 Å². The second-order valence-electron chi connectivity index (χ2n) is 0. The summed E-state index contributed by atoms with van der Waals surface area (Å²) in [5.74, 6) is 0. The molecule has 0 unspecified atom stereocenters. The molecule has 0 aliphatic rings. The Morgan fingerprint density at radius 1 is 1.00 bits per heavy atom. The minimum atomic E-state index is 0. The maximum absolute atomic E-state index is 0. The standard InChI is InChI=1S/O.Ti.Y.Zn/q-2;+4;+3;+2. The fraction of sp³-hybridized carbons (Fsp3) is 0. The summed E-state index contributed by atoms with van der Waals surface area (Å²) in [5, 5.41) is 0. The van der Waals surface area contributed by atoms with Crippen molar-refractivity contribution in [2.24, 2.45) is 0 Å². The maximum atomic E-state index is 0. The molecule has 0 saturated heterocycles. The molecule has 0 bridgehead atoms. The summed E-state index contributed by atoms with van der Waals surface area (Å²) in [6.07, 6.45) is 0. The van der Waals surface area contributed by atoms with Gasteiger partial charge < -0.3 is 5.48 Å². The number of rotatable bonds is 0. The molecule has 8 valence electrons. The Hall–Kier alpha value is 2.40. The molecule has 0 radical (unpaired) electrons. The molecule has 0 rings (SSSR count). The fourth-order valence-corrected chi connectivity index (χ4v) is 0. The molecule has 0 aromatic rings. The summed E-state index contributed by atoms with van der Waals surface area (Å²) in [7, 11) is 0. The van der Waals surface area contributed by atoms with Crippen molar-refractivity contribution in [1.82, 2.24) is 0 Å². The van der Waals surface area contributed by atoms with Gasteiger partial charge in [0.15, 0.2) is 0 Å². The fourth-order valence-electron chi connectivity index (χ4n) is 0. The predicted molar refractivity (Wildman–Crippen MR) is 0.686 cm³/mol. The van der Waals surface area contributed by atoms with Gasteiger partial charge in [0.25, 0.3) is 0 Å². The van der Waals surface area contributed by atoms with Crippen LogP contribution in [0, 0.1) is 0 Å². The van der Waals surface area contributed by atoms with Gasteiger partial charge in [-0.25, -0.2) is 0 Å². The Morgan fingerprint density at radius 3 is 1.00 bits per heavy atom. The molecule has 0 saturated carbocycles. The number of hydrogen-bond donors (Lipinski definition) is 0. The van der Waals surface area contributed by atoms with Crippen molar-refractivity contribution >= 4 is 0 Å². The van der Waals surface area contributed by atoms with E-state index < -0.39 is 0 Å². The third-order valence-electron chi connectivity index (χ3n) is 0. The average molecular weight is 218 g/mol. The van der Waals surface area contributed by atoms with Gasteiger partial charge in [-0.1, -0.05) is 0 Å². The first kappa shape index (κ1) is 32.4. The first-order chi connectivity index (χ1) is 0. The largest absolute Gasteiger partial charge is 4.00 e. The van der Waals surface area contributed by atoms with E-state index in [9.17, 15) is 0 Å². The molecule has 4 heavy (non-hydrogen) atoms. The Balaban J connectivity index is 0. The van der Waals surface area contributed by atoms with Crippen molar-refractivity contribution in [1.29, 1.82) is 0 Å². The van der Waals surface area contributed by atoms with E-state index in [0.29, 0.717) is 0 Å². The molecule has 0 aromatic carbocycles. The van der Waals surface area contributed by atoms with E-state index in [1.165, 1.54) is 0 Å². The molecule has 0 fully saturated rings. The van der Waals surface area contributed by atoms with Crippen LogP contribution in [-0.4, -0.2) is 0 Å². The molecule has 0 aliphatic carbocycles. The van der Waals surface area contributed by atoms with E-state index in [2.05, 4.69) is 0 Å². The Bertz CT molecular complexity index is 8.00. The summed E-state index contributed by atoms with van der Waals surface area (Å²) < 4.78 is 0. The minimum Gasteiger partial charge on any atom is -2.00 e. The van der Waals surface area contributed by atoms with Crippen LogP contribution < -0.4 is 0 Å². The van der Waals surface area contributed by atoms with Gasteiger partial charge in [0.05, 0.1) is 0 Å². The topological polar surface area (TPSA) is 28.5 Å². The molecule has 0 atom stereocenters. The molecule has 0 N–H and O–H groups in total. The minimum absolute atomic E-state index is 0. The predicted octanol–water partition coefficient (Wildman–Crippen LogP) is -0.126. The van der Waals surface area contributed by atoms with Gasteiger partial charge in [-0.15, -0.1) is 0 Å². The molecular formula is OTiYZn+7. The van der Waals surface area contributed by atoms with Gasteiger partial charge in [-0.3, -0.25) is 0 Å². The van der Waals surface area contributed by atoms with Crippen molar-refractivity contribution in [2.45, 2.75) is 0 Å². The van der Waals surface area contributed by atoms with Gasteiger partial charge in [0.2, 0.25) is 0 Å². The van der Waals surface area contributed by atoms with E-state index in [0.717, 1.165) is 0 Å². The normalized spacial score (nSPS) is 0. The maximum Gasteiger partial charge on any atom is 4.00 e. The van der Waals surface area contributed by atoms with E-state index in [1.54, 1.807) is 0 Å². The van der Waals surface area contributed by atoms with Crippen molar-refractivity contribution in [2.75, 3.05) is 0 Å². The van der Waals surface area contributed by atoms with Crippen LogP contribution in [-0.2, 0) is 79.4 Å². The number of hydrogen-bond acceptors (Lipinski definition) is 0. The molecule has 0 spiro atoms. The monoisotopic (exact) mass is 217 g/mol. The summed E-state index contributed by atoms with van der Waals surface area (Å²) in [6, 6.07) is 0. The van der Waals surface area contributed by atoms with E-state index in [-0.39, 0.29) is 79.4 Å². The van der Waals surface area contributed by atoms with Gasteiger partial charge in [-0.05, 0) is 0 Å². The van der Waals surface area contributed by atoms with Gasteiger partial charge in [0, 0.05) is 0 Å². The van der Waals surface area contributed by atoms with Crippen LogP contribution in [0.15, 0.2) is 0 Å². The van der Waals surface area contributed by atoms with Crippen LogP contribution in [0.2, 0.25) is 0 Å². The van der Waals surface area contributed by atoms with E-state index in [1.807, 2.05) is 0 Å². The van der Waals surface area contributed by atoms with Crippen molar-refractivity contribution < 1.29 is 79.4 Å². The molecule has 0 amide bonds. The Kier molecular flexibility index (Phi) is 147. The summed E-state index contributed by atoms with van der Waals surface area (Å²) in [5.41, 5.74) is 0. The summed E-state index contributed by atoms with van der Waals surface area (Å²) in [4.78, 5) is 0. The Labute approximate surface area is 78.1 Å². The van der Waals surface area contributed by atoms with Crippen molar-refractivity contribution in [3.05, 3.63) is 0 Å². The second kappa shape index (κ2) is 18.1. The van der Waals surface area contributed by atoms with Crippen LogP contribution in [0.25, 0.3) is 0 Å². The summed E-state index contributed by atoms with van der Waals surface area (Å²) in [6.45, 7) is 0. The van der Waals surface area contributed by atoms with Crippen LogP contribution in [0.4, 0.5) is 0 Å². The van der Waals surface area contributed by atoms with E-state index >= 15 is 0 Å². The van der Waals surface area contributed by atoms with Crippen LogP contribution in [0.5, 0.6) is 0 Å². The third-order valence-corrected chi connectivity index (χ3v) is 0. The Morgan fingerprint density at radius 2 is 1.00 bits per heavy atom. The zero-order chi connectivity index (χ0) is 0. The molecule has 0 heterocycles. The van der Waals surface area contributed by atoms with Gasteiger partial charge >= 0.3 is 73.9 Å². The first-order valence-corrected chi connectivity index (χ1v) is 0. The molecule has 4 heteroatoms.